The lowest BCUT2D eigenvalue weighted by atomic mass is 10.2. The van der Waals surface area contributed by atoms with Gasteiger partial charge in [0.2, 0.25) is 0 Å². The molecule has 5 nitrogen and oxygen atoms in total. The average Bonchev–Trinajstić information content (AvgIpc) is 2.57. The number of hydrogen-bond acceptors (Lipinski definition) is 4. The van der Waals surface area contributed by atoms with Crippen molar-refractivity contribution in [3.63, 3.8) is 0 Å². The van der Waals surface area contributed by atoms with E-state index in [9.17, 15) is 18.4 Å². The van der Waals surface area contributed by atoms with Gasteiger partial charge in [-0.1, -0.05) is 11.6 Å². The summed E-state index contributed by atoms with van der Waals surface area (Å²) in [6.45, 7) is 2.64. The zero-order valence-electron chi connectivity index (χ0n) is 14.0. The van der Waals surface area contributed by atoms with Crippen LogP contribution in [0.4, 0.5) is 14.5 Å². The molecule has 0 heterocycles. The minimum Gasteiger partial charge on any atom is -0.482 e. The Kier molecular flexibility index (Phi) is 6.52. The van der Waals surface area contributed by atoms with Gasteiger partial charge in [-0.2, -0.15) is 0 Å². The van der Waals surface area contributed by atoms with Crippen LogP contribution in [0.2, 0.25) is 5.02 Å². The predicted molar refractivity (Wildman–Crippen MR) is 92.2 cm³/mol. The summed E-state index contributed by atoms with van der Waals surface area (Å²) in [6, 6.07) is 7.51. The molecule has 26 heavy (non-hydrogen) atoms. The molecular formula is C18H16ClF2NO4. The average molecular weight is 384 g/mol. The van der Waals surface area contributed by atoms with Crippen LogP contribution in [0.15, 0.2) is 36.4 Å². The van der Waals surface area contributed by atoms with E-state index in [0.717, 1.165) is 23.8 Å². The highest BCUT2D eigenvalue weighted by molar-refractivity contribution is 6.30. The summed E-state index contributed by atoms with van der Waals surface area (Å²) in [6.07, 6.45) is -1.22. The van der Waals surface area contributed by atoms with Crippen LogP contribution in [0.25, 0.3) is 0 Å². The molecule has 1 atom stereocenters. The predicted octanol–water partition coefficient (Wildman–Crippen LogP) is 3.88. The summed E-state index contributed by atoms with van der Waals surface area (Å²) < 4.78 is 36.8. The van der Waals surface area contributed by atoms with Crippen molar-refractivity contribution >= 4 is 29.2 Å². The van der Waals surface area contributed by atoms with Gasteiger partial charge < -0.3 is 14.8 Å². The molecule has 0 saturated heterocycles. The Morgan fingerprint density at radius 2 is 1.92 bits per heavy atom. The van der Waals surface area contributed by atoms with Crippen LogP contribution in [0, 0.1) is 18.6 Å². The molecule has 2 rings (SSSR count). The van der Waals surface area contributed by atoms with E-state index in [-0.39, 0.29) is 5.69 Å². The first-order valence-electron chi connectivity index (χ1n) is 7.60. The van der Waals surface area contributed by atoms with E-state index < -0.39 is 36.2 Å². The second kappa shape index (κ2) is 8.62. The number of halogens is 3. The van der Waals surface area contributed by atoms with Crippen LogP contribution in [-0.2, 0) is 14.3 Å². The van der Waals surface area contributed by atoms with Crippen molar-refractivity contribution in [2.45, 2.75) is 20.0 Å². The second-order valence-electron chi connectivity index (χ2n) is 5.44. The van der Waals surface area contributed by atoms with Gasteiger partial charge in [-0.3, -0.25) is 4.79 Å². The Labute approximate surface area is 153 Å². The second-order valence-corrected chi connectivity index (χ2v) is 5.88. The van der Waals surface area contributed by atoms with E-state index >= 15 is 0 Å². The molecule has 2 aromatic carbocycles. The molecule has 0 aliphatic rings. The fourth-order valence-electron chi connectivity index (χ4n) is 2.02. The third-order valence-corrected chi connectivity index (χ3v) is 3.58. The van der Waals surface area contributed by atoms with Crippen LogP contribution in [-0.4, -0.2) is 24.6 Å². The van der Waals surface area contributed by atoms with E-state index in [1.54, 1.807) is 25.1 Å². The number of amides is 1. The first-order valence-corrected chi connectivity index (χ1v) is 7.98. The molecule has 1 unspecified atom stereocenters. The quantitative estimate of drug-likeness (QED) is 0.769. The number of ether oxygens (including phenoxy) is 2. The molecule has 0 aromatic heterocycles. The molecular weight excluding hydrogens is 368 g/mol. The largest absolute Gasteiger partial charge is 0.482 e. The Morgan fingerprint density at radius 3 is 2.62 bits per heavy atom. The molecule has 138 valence electrons. The molecule has 0 saturated carbocycles. The Hall–Kier alpha value is -2.67. The number of carbonyl (C=O) groups excluding carboxylic acids is 2. The highest BCUT2D eigenvalue weighted by atomic mass is 35.5. The van der Waals surface area contributed by atoms with Crippen molar-refractivity contribution in [3.8, 4) is 5.75 Å². The first-order chi connectivity index (χ1) is 12.3. The molecule has 0 aliphatic carbocycles. The number of carbonyl (C=O) groups is 2. The summed E-state index contributed by atoms with van der Waals surface area (Å²) >= 11 is 5.83. The molecule has 2 aromatic rings. The lowest BCUT2D eigenvalue weighted by Gasteiger charge is -2.15. The lowest BCUT2D eigenvalue weighted by Crippen LogP contribution is -2.32. The highest BCUT2D eigenvalue weighted by Gasteiger charge is 2.20. The molecule has 0 bridgehead atoms. The third kappa shape index (κ3) is 5.42. The molecule has 0 spiro atoms. The Morgan fingerprint density at radius 1 is 1.19 bits per heavy atom. The number of rotatable bonds is 6. The van der Waals surface area contributed by atoms with Crippen LogP contribution < -0.4 is 10.1 Å². The standard InChI is InChI=1S/C18H16ClF2NO4/c1-10-7-12(19)3-6-16(10)25-9-17(23)26-11(2)18(24)22-15-8-13(20)4-5-14(15)21/h3-8,11H,9H2,1-2H3,(H,22,24). The fraction of sp³-hybridized carbons (Fsp3) is 0.222. The molecule has 1 amide bonds. The minimum atomic E-state index is -1.22. The summed E-state index contributed by atoms with van der Waals surface area (Å²) in [5.41, 5.74) is 0.392. The summed E-state index contributed by atoms with van der Waals surface area (Å²) in [5, 5.41) is 2.69. The number of hydrogen-bond donors (Lipinski definition) is 1. The van der Waals surface area contributed by atoms with E-state index in [4.69, 9.17) is 21.1 Å². The number of benzene rings is 2. The van der Waals surface area contributed by atoms with Crippen molar-refractivity contribution in [2.24, 2.45) is 0 Å². The zero-order valence-corrected chi connectivity index (χ0v) is 14.8. The summed E-state index contributed by atoms with van der Waals surface area (Å²) in [5.74, 6) is -2.66. The maximum Gasteiger partial charge on any atom is 0.344 e. The molecule has 0 fully saturated rings. The van der Waals surface area contributed by atoms with Crippen molar-refractivity contribution in [3.05, 3.63) is 58.6 Å². The van der Waals surface area contributed by atoms with Gasteiger partial charge in [0.25, 0.3) is 5.91 Å². The third-order valence-electron chi connectivity index (χ3n) is 3.35. The SMILES string of the molecule is Cc1cc(Cl)ccc1OCC(=O)OC(C)C(=O)Nc1cc(F)ccc1F. The van der Waals surface area contributed by atoms with Crippen molar-refractivity contribution in [1.29, 1.82) is 0 Å². The van der Waals surface area contributed by atoms with Gasteiger partial charge in [0.05, 0.1) is 5.69 Å². The van der Waals surface area contributed by atoms with Crippen LogP contribution in [0.1, 0.15) is 12.5 Å². The summed E-state index contributed by atoms with van der Waals surface area (Å²) in [7, 11) is 0. The minimum absolute atomic E-state index is 0.342. The van der Waals surface area contributed by atoms with Gasteiger partial charge >= 0.3 is 5.97 Å². The number of aryl methyl sites for hydroxylation is 1. The Bertz CT molecular complexity index is 829. The van der Waals surface area contributed by atoms with Crippen molar-refractivity contribution < 1.29 is 27.8 Å². The number of esters is 1. The van der Waals surface area contributed by atoms with E-state index in [2.05, 4.69) is 5.32 Å². The molecule has 0 aliphatic heterocycles. The van der Waals surface area contributed by atoms with Crippen LogP contribution >= 0.6 is 11.6 Å². The van der Waals surface area contributed by atoms with Crippen molar-refractivity contribution in [2.75, 3.05) is 11.9 Å². The zero-order chi connectivity index (χ0) is 19.3. The van der Waals surface area contributed by atoms with Gasteiger partial charge in [0, 0.05) is 11.1 Å². The van der Waals surface area contributed by atoms with E-state index in [1.165, 1.54) is 6.92 Å². The monoisotopic (exact) mass is 383 g/mol. The van der Waals surface area contributed by atoms with Gasteiger partial charge in [-0.25, -0.2) is 13.6 Å². The number of nitrogens with one attached hydrogen (secondary N) is 1. The number of anilines is 1. The lowest BCUT2D eigenvalue weighted by molar-refractivity contribution is -0.155. The van der Waals surface area contributed by atoms with Crippen LogP contribution in [0.5, 0.6) is 5.75 Å². The van der Waals surface area contributed by atoms with Gasteiger partial charge in [0.15, 0.2) is 12.7 Å². The van der Waals surface area contributed by atoms with Gasteiger partial charge in [-0.15, -0.1) is 0 Å². The maximum absolute atomic E-state index is 13.5. The van der Waals surface area contributed by atoms with Gasteiger partial charge in [-0.05, 0) is 49.7 Å². The fourth-order valence-corrected chi connectivity index (χ4v) is 2.25. The normalized spacial score (nSPS) is 11.6. The van der Waals surface area contributed by atoms with E-state index in [0.29, 0.717) is 10.8 Å². The summed E-state index contributed by atoms with van der Waals surface area (Å²) in [4.78, 5) is 23.7. The van der Waals surface area contributed by atoms with Crippen LogP contribution in [0.3, 0.4) is 0 Å². The molecule has 0 radical (unpaired) electrons. The highest BCUT2D eigenvalue weighted by Crippen LogP contribution is 2.21. The smallest absolute Gasteiger partial charge is 0.344 e. The first kappa shape index (κ1) is 19.7. The molecule has 1 N–H and O–H groups in total. The topological polar surface area (TPSA) is 64.6 Å². The maximum atomic E-state index is 13.5. The van der Waals surface area contributed by atoms with Gasteiger partial charge in [0.1, 0.15) is 17.4 Å². The Balaban J connectivity index is 1.87. The van der Waals surface area contributed by atoms with E-state index in [1.807, 2.05) is 0 Å². The van der Waals surface area contributed by atoms with Crippen molar-refractivity contribution in [1.82, 2.24) is 0 Å². The molecule has 8 heteroatoms.